The highest BCUT2D eigenvalue weighted by molar-refractivity contribution is 6.32. The standard InChI is InChI=1S/C12H14ClN3O4/c1-7(2)12(18)5-15(6-12)11(17)9-3-8(16(19)20)4-14-10(9)13/h3-4,7,18H,5-6H2,1-2H3. The highest BCUT2D eigenvalue weighted by Gasteiger charge is 2.46. The molecule has 1 aliphatic rings. The van der Waals surface area contributed by atoms with Gasteiger partial charge in [0.2, 0.25) is 0 Å². The molecule has 0 bridgehead atoms. The first-order valence-corrected chi connectivity index (χ1v) is 6.44. The van der Waals surface area contributed by atoms with Crippen molar-refractivity contribution in [1.29, 1.82) is 0 Å². The van der Waals surface area contributed by atoms with Crippen molar-refractivity contribution in [3.8, 4) is 0 Å². The van der Waals surface area contributed by atoms with E-state index in [-0.39, 0.29) is 35.4 Å². The molecule has 0 atom stereocenters. The lowest BCUT2D eigenvalue weighted by molar-refractivity contribution is -0.385. The topological polar surface area (TPSA) is 96.6 Å². The maximum atomic E-state index is 12.2. The van der Waals surface area contributed by atoms with Crippen LogP contribution in [0.15, 0.2) is 12.3 Å². The number of hydrogen-bond acceptors (Lipinski definition) is 5. The van der Waals surface area contributed by atoms with Gasteiger partial charge >= 0.3 is 0 Å². The zero-order valence-electron chi connectivity index (χ0n) is 11.0. The van der Waals surface area contributed by atoms with E-state index in [1.54, 1.807) is 0 Å². The second-order valence-electron chi connectivity index (χ2n) is 5.21. The Balaban J connectivity index is 2.19. The lowest BCUT2D eigenvalue weighted by Crippen LogP contribution is -2.66. The minimum Gasteiger partial charge on any atom is -0.386 e. The van der Waals surface area contributed by atoms with Gasteiger partial charge in [0.25, 0.3) is 11.6 Å². The van der Waals surface area contributed by atoms with Gasteiger partial charge < -0.3 is 10.0 Å². The molecule has 1 aromatic heterocycles. The van der Waals surface area contributed by atoms with E-state index in [1.807, 2.05) is 13.8 Å². The molecule has 8 heteroatoms. The normalized spacial score (nSPS) is 16.9. The van der Waals surface area contributed by atoms with Gasteiger partial charge in [-0.05, 0) is 5.92 Å². The number of rotatable bonds is 3. The molecule has 0 saturated carbocycles. The monoisotopic (exact) mass is 299 g/mol. The quantitative estimate of drug-likeness (QED) is 0.518. The molecule has 108 valence electrons. The molecule has 0 aliphatic carbocycles. The van der Waals surface area contributed by atoms with E-state index in [9.17, 15) is 20.0 Å². The molecule has 2 rings (SSSR count). The van der Waals surface area contributed by atoms with Crippen molar-refractivity contribution in [2.24, 2.45) is 5.92 Å². The summed E-state index contributed by atoms with van der Waals surface area (Å²) in [5.74, 6) is -0.443. The highest BCUT2D eigenvalue weighted by Crippen LogP contribution is 2.31. The largest absolute Gasteiger partial charge is 0.386 e. The van der Waals surface area contributed by atoms with Gasteiger partial charge in [0, 0.05) is 6.07 Å². The molecule has 1 aromatic rings. The number of aromatic nitrogens is 1. The zero-order chi connectivity index (χ0) is 15.1. The van der Waals surface area contributed by atoms with Gasteiger partial charge in [-0.1, -0.05) is 25.4 Å². The third-order valence-electron chi connectivity index (χ3n) is 3.56. The van der Waals surface area contributed by atoms with E-state index in [0.717, 1.165) is 12.3 Å². The molecule has 0 unspecified atom stereocenters. The lowest BCUT2D eigenvalue weighted by Gasteiger charge is -2.49. The van der Waals surface area contributed by atoms with Crippen LogP contribution < -0.4 is 0 Å². The van der Waals surface area contributed by atoms with E-state index in [4.69, 9.17) is 11.6 Å². The van der Waals surface area contributed by atoms with Gasteiger partial charge in [0.05, 0.1) is 23.6 Å². The Morgan fingerprint density at radius 1 is 1.60 bits per heavy atom. The minimum atomic E-state index is -0.906. The molecule has 1 saturated heterocycles. The fraction of sp³-hybridized carbons (Fsp3) is 0.500. The molecular weight excluding hydrogens is 286 g/mol. The van der Waals surface area contributed by atoms with Gasteiger partial charge in [-0.15, -0.1) is 0 Å². The zero-order valence-corrected chi connectivity index (χ0v) is 11.8. The van der Waals surface area contributed by atoms with Crippen LogP contribution in [0.2, 0.25) is 5.15 Å². The molecule has 1 aliphatic heterocycles. The summed E-state index contributed by atoms with van der Waals surface area (Å²) in [6.45, 7) is 4.10. The summed E-state index contributed by atoms with van der Waals surface area (Å²) in [5, 5.41) is 20.7. The Labute approximate surface area is 120 Å². The van der Waals surface area contributed by atoms with Crippen LogP contribution >= 0.6 is 11.6 Å². The SMILES string of the molecule is CC(C)C1(O)CN(C(=O)c2cc([N+](=O)[O-])cnc2Cl)C1. The molecule has 1 amide bonds. The summed E-state index contributed by atoms with van der Waals surface area (Å²) in [5.41, 5.74) is -1.22. The van der Waals surface area contributed by atoms with Crippen LogP contribution in [0.1, 0.15) is 24.2 Å². The number of nitro groups is 1. The van der Waals surface area contributed by atoms with Gasteiger partial charge in [0.1, 0.15) is 17.0 Å². The van der Waals surface area contributed by atoms with Crippen molar-refractivity contribution < 1.29 is 14.8 Å². The first-order chi connectivity index (χ1) is 9.24. The average Bonchev–Trinajstić information content (AvgIpc) is 2.34. The summed E-state index contributed by atoms with van der Waals surface area (Å²) in [7, 11) is 0. The molecule has 0 spiro atoms. The van der Waals surface area contributed by atoms with Gasteiger partial charge in [-0.3, -0.25) is 14.9 Å². The number of likely N-dealkylation sites (tertiary alicyclic amines) is 1. The van der Waals surface area contributed by atoms with Crippen LogP contribution in [0, 0.1) is 16.0 Å². The van der Waals surface area contributed by atoms with Gasteiger partial charge in [0.15, 0.2) is 0 Å². The first-order valence-electron chi connectivity index (χ1n) is 6.06. The summed E-state index contributed by atoms with van der Waals surface area (Å²) in [6.07, 6.45) is 1.000. The Kier molecular flexibility index (Phi) is 3.66. The van der Waals surface area contributed by atoms with Crippen molar-refractivity contribution in [3.05, 3.63) is 33.1 Å². The number of pyridine rings is 1. The Morgan fingerprint density at radius 3 is 2.70 bits per heavy atom. The van der Waals surface area contributed by atoms with Crippen molar-refractivity contribution in [1.82, 2.24) is 9.88 Å². The van der Waals surface area contributed by atoms with E-state index in [1.165, 1.54) is 4.90 Å². The number of hydrogen-bond donors (Lipinski definition) is 1. The fourth-order valence-corrected chi connectivity index (χ4v) is 2.16. The predicted molar refractivity (Wildman–Crippen MR) is 71.6 cm³/mol. The van der Waals surface area contributed by atoms with Crippen molar-refractivity contribution in [2.75, 3.05) is 13.1 Å². The van der Waals surface area contributed by atoms with Crippen molar-refractivity contribution >= 4 is 23.2 Å². The van der Waals surface area contributed by atoms with E-state index in [0.29, 0.717) is 0 Å². The molecule has 20 heavy (non-hydrogen) atoms. The summed E-state index contributed by atoms with van der Waals surface area (Å²) >= 11 is 5.81. The third kappa shape index (κ3) is 2.46. The maximum Gasteiger partial charge on any atom is 0.288 e. The van der Waals surface area contributed by atoms with Crippen LogP contribution in [-0.4, -0.2) is 44.5 Å². The van der Waals surface area contributed by atoms with Crippen LogP contribution in [-0.2, 0) is 0 Å². The molecule has 7 nitrogen and oxygen atoms in total. The van der Waals surface area contributed by atoms with Gasteiger partial charge in [-0.25, -0.2) is 4.98 Å². The van der Waals surface area contributed by atoms with Crippen molar-refractivity contribution in [3.63, 3.8) is 0 Å². The number of amides is 1. The maximum absolute atomic E-state index is 12.2. The van der Waals surface area contributed by atoms with Crippen LogP contribution in [0.4, 0.5) is 5.69 Å². The summed E-state index contributed by atoms with van der Waals surface area (Å²) in [6, 6.07) is 1.10. The third-order valence-corrected chi connectivity index (χ3v) is 3.86. The van der Waals surface area contributed by atoms with E-state index in [2.05, 4.69) is 4.98 Å². The Morgan fingerprint density at radius 2 is 2.20 bits per heavy atom. The predicted octanol–water partition coefficient (Wildman–Crippen LogP) is 1.49. The Hall–Kier alpha value is -1.73. The van der Waals surface area contributed by atoms with Crippen LogP contribution in [0.5, 0.6) is 0 Å². The summed E-state index contributed by atoms with van der Waals surface area (Å²) in [4.78, 5) is 27.3. The van der Waals surface area contributed by atoms with Crippen LogP contribution in [0.25, 0.3) is 0 Å². The smallest absolute Gasteiger partial charge is 0.288 e. The number of β-amino-alcohol motifs (C(OH)–C–C–N with tert-alkyl or cyclic N) is 1. The number of carbonyl (C=O) groups is 1. The average molecular weight is 300 g/mol. The second-order valence-corrected chi connectivity index (χ2v) is 5.57. The van der Waals surface area contributed by atoms with Crippen LogP contribution in [0.3, 0.4) is 0 Å². The number of carbonyl (C=O) groups excluding carboxylic acids is 1. The number of halogens is 1. The lowest BCUT2D eigenvalue weighted by atomic mass is 9.82. The molecule has 1 fully saturated rings. The van der Waals surface area contributed by atoms with E-state index < -0.39 is 16.4 Å². The van der Waals surface area contributed by atoms with Gasteiger partial charge in [-0.2, -0.15) is 0 Å². The molecule has 0 radical (unpaired) electrons. The fourth-order valence-electron chi connectivity index (χ4n) is 1.98. The molecule has 2 heterocycles. The molecule has 0 aromatic carbocycles. The van der Waals surface area contributed by atoms with E-state index >= 15 is 0 Å². The summed E-state index contributed by atoms with van der Waals surface area (Å²) < 4.78 is 0. The van der Waals surface area contributed by atoms with Crippen molar-refractivity contribution in [2.45, 2.75) is 19.4 Å². The second kappa shape index (κ2) is 4.99. The molecular formula is C12H14ClN3O4. The molecule has 1 N–H and O–H groups in total. The first kappa shape index (κ1) is 14.7. The Bertz CT molecular complexity index is 570. The number of nitrogens with zero attached hydrogens (tertiary/aromatic N) is 3. The minimum absolute atomic E-state index is 0.0188. The number of aliphatic hydroxyl groups is 1. The highest BCUT2D eigenvalue weighted by atomic mass is 35.5.